The van der Waals surface area contributed by atoms with Crippen molar-refractivity contribution >= 4 is 23.1 Å². The zero-order chi connectivity index (χ0) is 15.7. The molecule has 0 N–H and O–H groups in total. The molecular formula is C17H14ClNO3. The van der Waals surface area contributed by atoms with E-state index in [1.54, 1.807) is 19.2 Å². The lowest BCUT2D eigenvalue weighted by Gasteiger charge is -2.06. The smallest absolute Gasteiger partial charge is 0.340 e. The molecule has 2 heterocycles. The summed E-state index contributed by atoms with van der Waals surface area (Å²) in [6, 6.07) is 14.8. The minimum Gasteiger partial charge on any atom is -0.497 e. The molecule has 0 radical (unpaired) electrons. The van der Waals surface area contributed by atoms with Crippen LogP contribution in [-0.2, 0) is 4.74 Å². The first-order valence-electron chi connectivity index (χ1n) is 6.68. The number of hydrogen-bond acceptors (Lipinski definition) is 3. The van der Waals surface area contributed by atoms with E-state index < -0.39 is 0 Å². The fraction of sp³-hybridized carbons (Fsp3) is 0.118. The van der Waals surface area contributed by atoms with Crippen LogP contribution in [0.1, 0.15) is 10.4 Å². The molecule has 3 rings (SSSR count). The summed E-state index contributed by atoms with van der Waals surface area (Å²) in [6.45, 7) is 0. The highest BCUT2D eigenvalue weighted by Crippen LogP contribution is 2.30. The van der Waals surface area contributed by atoms with Gasteiger partial charge in [-0.15, -0.1) is 0 Å². The van der Waals surface area contributed by atoms with E-state index in [0.717, 1.165) is 17.0 Å². The number of hydrogen-bond donors (Lipinski definition) is 0. The van der Waals surface area contributed by atoms with E-state index in [4.69, 9.17) is 21.1 Å². The number of nitrogens with zero attached hydrogens (tertiary/aromatic N) is 1. The minimum absolute atomic E-state index is 0.389. The first-order chi connectivity index (χ1) is 10.7. The molecule has 0 aliphatic heterocycles. The Labute approximate surface area is 132 Å². The average Bonchev–Trinajstić information content (AvgIpc) is 2.95. The fourth-order valence-corrected chi connectivity index (χ4v) is 2.72. The van der Waals surface area contributed by atoms with Crippen molar-refractivity contribution in [2.24, 2.45) is 0 Å². The van der Waals surface area contributed by atoms with Crippen LogP contribution in [0.15, 0.2) is 48.5 Å². The highest BCUT2D eigenvalue weighted by Gasteiger charge is 2.18. The maximum Gasteiger partial charge on any atom is 0.340 e. The predicted molar refractivity (Wildman–Crippen MR) is 85.7 cm³/mol. The van der Waals surface area contributed by atoms with Crippen molar-refractivity contribution in [1.82, 2.24) is 4.40 Å². The van der Waals surface area contributed by atoms with Gasteiger partial charge in [-0.2, -0.15) is 0 Å². The van der Waals surface area contributed by atoms with E-state index in [1.165, 1.54) is 7.11 Å². The molecule has 5 heteroatoms. The van der Waals surface area contributed by atoms with Gasteiger partial charge in [0, 0.05) is 0 Å². The van der Waals surface area contributed by atoms with Gasteiger partial charge < -0.3 is 9.47 Å². The summed E-state index contributed by atoms with van der Waals surface area (Å²) in [4.78, 5) is 12.0. The monoisotopic (exact) mass is 315 g/mol. The van der Waals surface area contributed by atoms with Gasteiger partial charge in [-0.1, -0.05) is 17.7 Å². The molecule has 0 aliphatic carbocycles. The summed E-state index contributed by atoms with van der Waals surface area (Å²) in [5.74, 6) is 0.378. The third kappa shape index (κ3) is 2.31. The molecule has 0 bridgehead atoms. The van der Waals surface area contributed by atoms with Crippen molar-refractivity contribution in [3.63, 3.8) is 0 Å². The van der Waals surface area contributed by atoms with Crippen molar-refractivity contribution in [3.05, 3.63) is 59.2 Å². The summed E-state index contributed by atoms with van der Waals surface area (Å²) in [5.41, 5.74) is 2.95. The number of fused-ring (bicyclic) bond motifs is 1. The molecule has 0 amide bonds. The van der Waals surface area contributed by atoms with Gasteiger partial charge in [0.25, 0.3) is 0 Å². The van der Waals surface area contributed by atoms with Crippen molar-refractivity contribution in [3.8, 4) is 17.0 Å². The van der Waals surface area contributed by atoms with Crippen LogP contribution >= 0.6 is 11.6 Å². The maximum absolute atomic E-state index is 12.0. The van der Waals surface area contributed by atoms with Gasteiger partial charge in [0.2, 0.25) is 0 Å². The van der Waals surface area contributed by atoms with E-state index >= 15 is 0 Å². The number of carbonyl (C=O) groups excluding carboxylic acids is 1. The first-order valence-corrected chi connectivity index (χ1v) is 7.06. The third-order valence-electron chi connectivity index (χ3n) is 3.53. The second kappa shape index (κ2) is 5.73. The maximum atomic E-state index is 12.0. The van der Waals surface area contributed by atoms with Crippen LogP contribution in [0.25, 0.3) is 16.8 Å². The zero-order valence-electron chi connectivity index (χ0n) is 12.2. The molecule has 0 aliphatic rings. The average molecular weight is 316 g/mol. The van der Waals surface area contributed by atoms with E-state index in [1.807, 2.05) is 40.8 Å². The predicted octanol–water partition coefficient (Wildman–Crippen LogP) is 4.05. The van der Waals surface area contributed by atoms with Gasteiger partial charge in [0.05, 0.1) is 31.0 Å². The number of esters is 1. The second-order valence-electron chi connectivity index (χ2n) is 4.73. The standard InChI is InChI=1S/C17H14ClNO3/c1-21-12-8-6-11(7-9-12)15-10-13(17(20)22-2)14-4-3-5-16(18)19(14)15/h3-10H,1-2H3. The van der Waals surface area contributed by atoms with Crippen LogP contribution in [0.3, 0.4) is 0 Å². The summed E-state index contributed by atoms with van der Waals surface area (Å²) >= 11 is 6.32. The lowest BCUT2D eigenvalue weighted by Crippen LogP contribution is -2.00. The highest BCUT2D eigenvalue weighted by molar-refractivity contribution is 6.30. The van der Waals surface area contributed by atoms with Gasteiger partial charge in [0.1, 0.15) is 10.9 Å². The number of benzene rings is 1. The third-order valence-corrected chi connectivity index (χ3v) is 3.83. The van der Waals surface area contributed by atoms with E-state index in [-0.39, 0.29) is 5.97 Å². The summed E-state index contributed by atoms with van der Waals surface area (Å²) in [6.07, 6.45) is 0. The molecule has 0 fully saturated rings. The topological polar surface area (TPSA) is 39.9 Å². The van der Waals surface area contributed by atoms with Gasteiger partial charge >= 0.3 is 5.97 Å². The van der Waals surface area contributed by atoms with Gasteiger partial charge in [-0.25, -0.2) is 4.79 Å². The molecule has 0 saturated carbocycles. The number of methoxy groups -OCH3 is 2. The fourth-order valence-electron chi connectivity index (χ4n) is 2.46. The number of pyridine rings is 1. The molecule has 22 heavy (non-hydrogen) atoms. The Kier molecular flexibility index (Phi) is 3.77. The van der Waals surface area contributed by atoms with Crippen molar-refractivity contribution in [2.45, 2.75) is 0 Å². The molecule has 4 nitrogen and oxygen atoms in total. The van der Waals surface area contributed by atoms with Crippen LogP contribution in [0.5, 0.6) is 5.75 Å². The van der Waals surface area contributed by atoms with Gasteiger partial charge in [-0.05, 0) is 48.0 Å². The van der Waals surface area contributed by atoms with Crippen LogP contribution in [0, 0.1) is 0 Å². The molecule has 0 atom stereocenters. The molecule has 112 valence electrons. The largest absolute Gasteiger partial charge is 0.497 e. The van der Waals surface area contributed by atoms with E-state index in [2.05, 4.69) is 0 Å². The van der Waals surface area contributed by atoms with Crippen LogP contribution < -0.4 is 4.74 Å². The van der Waals surface area contributed by atoms with Crippen molar-refractivity contribution in [1.29, 1.82) is 0 Å². The normalized spacial score (nSPS) is 10.7. The van der Waals surface area contributed by atoms with E-state index in [0.29, 0.717) is 16.2 Å². The SMILES string of the molecule is COC(=O)c1cc(-c2ccc(OC)cc2)n2c(Cl)cccc12. The van der Waals surface area contributed by atoms with Crippen LogP contribution in [-0.4, -0.2) is 24.6 Å². The molecule has 0 spiro atoms. The quantitative estimate of drug-likeness (QED) is 0.540. The number of halogens is 1. The van der Waals surface area contributed by atoms with Gasteiger partial charge in [-0.3, -0.25) is 4.40 Å². The number of carbonyl (C=O) groups is 1. The van der Waals surface area contributed by atoms with Crippen molar-refractivity contribution < 1.29 is 14.3 Å². The minimum atomic E-state index is -0.389. The molecule has 2 aromatic heterocycles. The molecule has 3 aromatic rings. The summed E-state index contributed by atoms with van der Waals surface area (Å²) < 4.78 is 11.9. The number of rotatable bonds is 3. The lowest BCUT2D eigenvalue weighted by molar-refractivity contribution is 0.0603. The number of aromatic nitrogens is 1. The molecule has 0 saturated heterocycles. The van der Waals surface area contributed by atoms with Crippen LogP contribution in [0.2, 0.25) is 5.15 Å². The Bertz CT molecular complexity index is 837. The lowest BCUT2D eigenvalue weighted by atomic mass is 10.1. The summed E-state index contributed by atoms with van der Waals surface area (Å²) in [7, 11) is 2.98. The van der Waals surface area contributed by atoms with Crippen molar-refractivity contribution in [2.75, 3.05) is 14.2 Å². The van der Waals surface area contributed by atoms with E-state index in [9.17, 15) is 4.79 Å². The van der Waals surface area contributed by atoms with Gasteiger partial charge in [0.15, 0.2) is 0 Å². The Balaban J connectivity index is 2.26. The molecular weight excluding hydrogens is 302 g/mol. The molecule has 1 aromatic carbocycles. The Hall–Kier alpha value is -2.46. The molecule has 0 unspecified atom stereocenters. The second-order valence-corrected chi connectivity index (χ2v) is 5.12. The first kappa shape index (κ1) is 14.5. The zero-order valence-corrected chi connectivity index (χ0v) is 12.9. The Morgan fingerprint density at radius 2 is 1.82 bits per heavy atom. The number of ether oxygens (including phenoxy) is 2. The summed E-state index contributed by atoms with van der Waals surface area (Å²) in [5, 5.41) is 0.526. The van der Waals surface area contributed by atoms with Crippen LogP contribution in [0.4, 0.5) is 0 Å². The Morgan fingerprint density at radius 3 is 2.45 bits per heavy atom. The highest BCUT2D eigenvalue weighted by atomic mass is 35.5. The Morgan fingerprint density at radius 1 is 1.09 bits per heavy atom.